The number of nitrogens with zero attached hydrogens (tertiary/aromatic N) is 4. The van der Waals surface area contributed by atoms with Gasteiger partial charge in [0, 0.05) is 12.7 Å². The van der Waals surface area contributed by atoms with E-state index in [1.807, 2.05) is 25.6 Å². The molecule has 0 radical (unpaired) electrons. The van der Waals surface area contributed by atoms with Gasteiger partial charge in [0.1, 0.15) is 0 Å². The molecule has 0 aromatic carbocycles. The lowest BCUT2D eigenvalue weighted by molar-refractivity contribution is 0.229. The molecule has 0 unspecified atom stereocenters. The maximum Gasteiger partial charge on any atom is 0.261 e. The molecule has 0 spiro atoms. The Morgan fingerprint density at radius 2 is 2.06 bits per heavy atom. The lowest BCUT2D eigenvalue weighted by atomic mass is 9.77. The van der Waals surface area contributed by atoms with Gasteiger partial charge in [-0.15, -0.1) is 0 Å². The molecule has 1 fully saturated rings. The summed E-state index contributed by atoms with van der Waals surface area (Å²) in [5.41, 5.74) is 8.63. The van der Waals surface area contributed by atoms with E-state index in [1.54, 1.807) is 0 Å². The molecule has 6 heteroatoms. The second-order valence-electron chi connectivity index (χ2n) is 5.10. The van der Waals surface area contributed by atoms with Crippen LogP contribution >= 0.6 is 0 Å². The minimum atomic E-state index is -0.383. The fraction of sp³-hybridized carbons (Fsp3) is 0.583. The normalized spacial score (nSPS) is 17.8. The summed E-state index contributed by atoms with van der Waals surface area (Å²) in [4.78, 5) is 4.45. The van der Waals surface area contributed by atoms with Gasteiger partial charge in [0.15, 0.2) is 5.82 Å². The van der Waals surface area contributed by atoms with E-state index in [4.69, 9.17) is 10.3 Å². The van der Waals surface area contributed by atoms with Crippen molar-refractivity contribution in [2.75, 3.05) is 0 Å². The van der Waals surface area contributed by atoms with Gasteiger partial charge in [-0.1, -0.05) is 5.16 Å². The summed E-state index contributed by atoms with van der Waals surface area (Å²) < 4.78 is 7.17. The van der Waals surface area contributed by atoms with Crippen LogP contribution in [0.25, 0.3) is 11.5 Å². The number of rotatable bonds is 2. The highest BCUT2D eigenvalue weighted by atomic mass is 16.5. The number of hydrogen-bond acceptors (Lipinski definition) is 5. The fourth-order valence-electron chi connectivity index (χ4n) is 2.39. The first kappa shape index (κ1) is 11.4. The third kappa shape index (κ3) is 1.49. The summed E-state index contributed by atoms with van der Waals surface area (Å²) in [5, 5.41) is 8.38. The Balaban J connectivity index is 2.03. The molecule has 2 heterocycles. The summed E-state index contributed by atoms with van der Waals surface area (Å²) in [6.07, 6.45) is 2.99. The smallest absolute Gasteiger partial charge is 0.261 e. The quantitative estimate of drug-likeness (QED) is 0.867. The van der Waals surface area contributed by atoms with Gasteiger partial charge < -0.3 is 10.3 Å². The minimum Gasteiger partial charge on any atom is -0.334 e. The zero-order valence-electron chi connectivity index (χ0n) is 10.9. The molecule has 2 aromatic rings. The molecular weight excluding hydrogens is 230 g/mol. The second kappa shape index (κ2) is 3.65. The Morgan fingerprint density at radius 3 is 2.56 bits per heavy atom. The third-order valence-electron chi connectivity index (χ3n) is 3.84. The van der Waals surface area contributed by atoms with Gasteiger partial charge in [-0.2, -0.15) is 10.1 Å². The van der Waals surface area contributed by atoms with Crippen molar-refractivity contribution in [2.24, 2.45) is 12.8 Å². The van der Waals surface area contributed by atoms with E-state index in [0.29, 0.717) is 11.7 Å². The molecule has 0 atom stereocenters. The van der Waals surface area contributed by atoms with Crippen LogP contribution in [0.4, 0.5) is 0 Å². The van der Waals surface area contributed by atoms with E-state index in [2.05, 4.69) is 15.2 Å². The van der Waals surface area contributed by atoms with Gasteiger partial charge in [0.2, 0.25) is 0 Å². The SMILES string of the molecule is Cc1nn(C)c(C)c1-c1nc(C2(N)CCC2)no1. The van der Waals surface area contributed by atoms with Gasteiger partial charge in [-0.05, 0) is 33.1 Å². The molecule has 0 saturated heterocycles. The topological polar surface area (TPSA) is 82.8 Å². The van der Waals surface area contributed by atoms with Crippen LogP contribution < -0.4 is 5.73 Å². The largest absolute Gasteiger partial charge is 0.334 e. The molecule has 1 aliphatic rings. The number of hydrogen-bond donors (Lipinski definition) is 1. The van der Waals surface area contributed by atoms with Gasteiger partial charge in [-0.25, -0.2) is 0 Å². The lowest BCUT2D eigenvalue weighted by Crippen LogP contribution is -2.44. The van der Waals surface area contributed by atoms with E-state index in [9.17, 15) is 0 Å². The number of nitrogens with two attached hydrogens (primary N) is 1. The Hall–Kier alpha value is -1.69. The second-order valence-corrected chi connectivity index (χ2v) is 5.10. The number of aryl methyl sites for hydroxylation is 2. The zero-order chi connectivity index (χ0) is 12.9. The van der Waals surface area contributed by atoms with Gasteiger partial charge in [0.05, 0.1) is 16.8 Å². The lowest BCUT2D eigenvalue weighted by Gasteiger charge is -2.34. The Kier molecular flexibility index (Phi) is 2.31. The molecule has 1 aliphatic carbocycles. The van der Waals surface area contributed by atoms with E-state index in [-0.39, 0.29) is 5.54 Å². The maximum absolute atomic E-state index is 6.19. The van der Waals surface area contributed by atoms with Crippen molar-refractivity contribution in [3.05, 3.63) is 17.2 Å². The maximum atomic E-state index is 6.19. The van der Waals surface area contributed by atoms with Crippen molar-refractivity contribution in [3.63, 3.8) is 0 Å². The van der Waals surface area contributed by atoms with Crippen molar-refractivity contribution >= 4 is 0 Å². The molecule has 0 bridgehead atoms. The summed E-state index contributed by atoms with van der Waals surface area (Å²) in [6, 6.07) is 0. The minimum absolute atomic E-state index is 0.383. The Bertz CT molecular complexity index is 594. The Labute approximate surface area is 105 Å². The summed E-state index contributed by atoms with van der Waals surface area (Å²) in [5.74, 6) is 1.14. The molecule has 96 valence electrons. The van der Waals surface area contributed by atoms with E-state index >= 15 is 0 Å². The predicted octanol–water partition coefficient (Wildman–Crippen LogP) is 1.42. The fourth-order valence-corrected chi connectivity index (χ4v) is 2.39. The third-order valence-corrected chi connectivity index (χ3v) is 3.84. The van der Waals surface area contributed by atoms with Crippen LogP contribution in [0.5, 0.6) is 0 Å². The van der Waals surface area contributed by atoms with Crippen LogP contribution in [0, 0.1) is 13.8 Å². The predicted molar refractivity (Wildman–Crippen MR) is 65.7 cm³/mol. The molecule has 0 amide bonds. The van der Waals surface area contributed by atoms with E-state index < -0.39 is 0 Å². The van der Waals surface area contributed by atoms with Crippen molar-refractivity contribution < 1.29 is 4.52 Å². The molecule has 0 aliphatic heterocycles. The highest BCUT2D eigenvalue weighted by Gasteiger charge is 2.39. The van der Waals surface area contributed by atoms with Crippen LogP contribution in [-0.2, 0) is 12.6 Å². The first-order valence-electron chi connectivity index (χ1n) is 6.15. The molecule has 3 rings (SSSR count). The summed E-state index contributed by atoms with van der Waals surface area (Å²) in [6.45, 7) is 3.93. The molecule has 2 aromatic heterocycles. The zero-order valence-corrected chi connectivity index (χ0v) is 10.9. The first-order chi connectivity index (χ1) is 8.51. The Morgan fingerprint density at radius 1 is 1.33 bits per heavy atom. The van der Waals surface area contributed by atoms with Crippen molar-refractivity contribution in [1.82, 2.24) is 19.9 Å². The average molecular weight is 247 g/mol. The summed E-state index contributed by atoms with van der Waals surface area (Å²) in [7, 11) is 1.90. The van der Waals surface area contributed by atoms with Crippen LogP contribution in [0.1, 0.15) is 36.5 Å². The van der Waals surface area contributed by atoms with Gasteiger partial charge in [0.25, 0.3) is 5.89 Å². The molecule has 2 N–H and O–H groups in total. The van der Waals surface area contributed by atoms with Crippen molar-refractivity contribution in [2.45, 2.75) is 38.6 Å². The number of aromatic nitrogens is 4. The van der Waals surface area contributed by atoms with E-state index in [0.717, 1.165) is 36.2 Å². The first-order valence-corrected chi connectivity index (χ1v) is 6.15. The van der Waals surface area contributed by atoms with Crippen LogP contribution in [0.2, 0.25) is 0 Å². The van der Waals surface area contributed by atoms with Crippen LogP contribution in [0.15, 0.2) is 4.52 Å². The standard InChI is InChI=1S/C12H17N5O/c1-7-9(8(2)17(3)15-7)10-14-11(16-18-10)12(13)5-4-6-12/h4-6,13H2,1-3H3. The van der Waals surface area contributed by atoms with Crippen LogP contribution in [-0.4, -0.2) is 19.9 Å². The highest BCUT2D eigenvalue weighted by Crippen LogP contribution is 2.38. The van der Waals surface area contributed by atoms with E-state index in [1.165, 1.54) is 0 Å². The highest BCUT2D eigenvalue weighted by molar-refractivity contribution is 5.59. The van der Waals surface area contributed by atoms with Crippen LogP contribution in [0.3, 0.4) is 0 Å². The molecule has 6 nitrogen and oxygen atoms in total. The molecule has 1 saturated carbocycles. The summed E-state index contributed by atoms with van der Waals surface area (Å²) >= 11 is 0. The van der Waals surface area contributed by atoms with Crippen molar-refractivity contribution in [3.8, 4) is 11.5 Å². The monoisotopic (exact) mass is 247 g/mol. The van der Waals surface area contributed by atoms with Gasteiger partial charge in [-0.3, -0.25) is 4.68 Å². The van der Waals surface area contributed by atoms with Gasteiger partial charge >= 0.3 is 0 Å². The average Bonchev–Trinajstić information content (AvgIpc) is 2.83. The molecular formula is C12H17N5O. The molecule has 18 heavy (non-hydrogen) atoms. The van der Waals surface area contributed by atoms with Crippen molar-refractivity contribution in [1.29, 1.82) is 0 Å².